The number of rotatable bonds is 4. The van der Waals surface area contributed by atoms with Crippen molar-refractivity contribution in [2.45, 2.75) is 39.7 Å². The van der Waals surface area contributed by atoms with Gasteiger partial charge in [0, 0.05) is 6.54 Å². The highest BCUT2D eigenvalue weighted by Crippen LogP contribution is 2.25. The van der Waals surface area contributed by atoms with E-state index >= 15 is 0 Å². The predicted octanol–water partition coefficient (Wildman–Crippen LogP) is 1.68. The molecule has 0 amide bonds. The summed E-state index contributed by atoms with van der Waals surface area (Å²) >= 11 is 0. The van der Waals surface area contributed by atoms with Crippen molar-refractivity contribution in [1.29, 1.82) is 5.41 Å². The molecule has 0 radical (unpaired) electrons. The molecule has 0 aromatic carbocycles. The zero-order chi connectivity index (χ0) is 10.7. The summed E-state index contributed by atoms with van der Waals surface area (Å²) in [5, 5.41) is 7.53. The molecule has 2 unspecified atom stereocenters. The topological polar surface area (TPSA) is 53.1 Å². The Morgan fingerprint density at radius 2 is 2.21 bits per heavy atom. The highest BCUT2D eigenvalue weighted by Gasteiger charge is 2.29. The van der Waals surface area contributed by atoms with Gasteiger partial charge in [0.05, 0.1) is 6.04 Å². The van der Waals surface area contributed by atoms with Gasteiger partial charge in [0.25, 0.3) is 0 Å². The van der Waals surface area contributed by atoms with Crippen LogP contribution in [0.25, 0.3) is 0 Å². The predicted molar refractivity (Wildman–Crippen MR) is 60.5 cm³/mol. The van der Waals surface area contributed by atoms with Crippen molar-refractivity contribution in [3.63, 3.8) is 0 Å². The van der Waals surface area contributed by atoms with Crippen LogP contribution < -0.4 is 5.73 Å². The quantitative estimate of drug-likeness (QED) is 0.532. The largest absolute Gasteiger partial charge is 0.386 e. The van der Waals surface area contributed by atoms with Gasteiger partial charge in [0.2, 0.25) is 0 Å². The molecular formula is C11H23N3. The zero-order valence-corrected chi connectivity index (χ0v) is 9.59. The summed E-state index contributed by atoms with van der Waals surface area (Å²) in [6.45, 7) is 8.90. The maximum absolute atomic E-state index is 7.53. The van der Waals surface area contributed by atoms with Gasteiger partial charge in [-0.15, -0.1) is 0 Å². The Morgan fingerprint density at radius 1 is 1.57 bits per heavy atom. The molecule has 14 heavy (non-hydrogen) atoms. The Kier molecular flexibility index (Phi) is 3.93. The molecule has 0 aromatic rings. The molecule has 1 saturated heterocycles. The lowest BCUT2D eigenvalue weighted by molar-refractivity contribution is 0.266. The number of nitrogens with zero attached hydrogens (tertiary/aromatic N) is 1. The monoisotopic (exact) mass is 197 g/mol. The van der Waals surface area contributed by atoms with Crippen molar-refractivity contribution < 1.29 is 0 Å². The van der Waals surface area contributed by atoms with Gasteiger partial charge in [-0.25, -0.2) is 0 Å². The molecule has 3 nitrogen and oxygen atoms in total. The molecule has 2 atom stereocenters. The number of nitrogens with one attached hydrogen (secondary N) is 1. The van der Waals surface area contributed by atoms with E-state index in [2.05, 4.69) is 25.7 Å². The van der Waals surface area contributed by atoms with Gasteiger partial charge in [-0.3, -0.25) is 10.3 Å². The summed E-state index contributed by atoms with van der Waals surface area (Å²) < 4.78 is 0. The van der Waals surface area contributed by atoms with Gasteiger partial charge in [-0.05, 0) is 31.2 Å². The normalized spacial score (nSPS) is 25.6. The van der Waals surface area contributed by atoms with Crippen molar-refractivity contribution >= 4 is 5.84 Å². The highest BCUT2D eigenvalue weighted by molar-refractivity contribution is 5.82. The van der Waals surface area contributed by atoms with E-state index in [0.717, 1.165) is 31.3 Å². The first-order chi connectivity index (χ1) is 6.56. The van der Waals surface area contributed by atoms with Gasteiger partial charge >= 0.3 is 0 Å². The average Bonchev–Trinajstić information content (AvgIpc) is 2.53. The molecule has 0 spiro atoms. The Bertz CT molecular complexity index is 201. The van der Waals surface area contributed by atoms with Crippen LogP contribution in [0.15, 0.2) is 0 Å². The van der Waals surface area contributed by atoms with E-state index in [4.69, 9.17) is 11.1 Å². The third kappa shape index (κ3) is 2.47. The Balaban J connectivity index is 2.51. The summed E-state index contributed by atoms with van der Waals surface area (Å²) in [7, 11) is 0. The molecule has 0 bridgehead atoms. The van der Waals surface area contributed by atoms with Crippen molar-refractivity contribution in [3.8, 4) is 0 Å². The molecule has 1 rings (SSSR count). The third-order valence-corrected chi connectivity index (χ3v) is 3.39. The van der Waals surface area contributed by atoms with E-state index < -0.39 is 0 Å². The van der Waals surface area contributed by atoms with Crippen LogP contribution >= 0.6 is 0 Å². The Labute approximate surface area is 87.2 Å². The maximum atomic E-state index is 7.53. The number of hydrogen-bond donors (Lipinski definition) is 2. The lowest BCUT2D eigenvalue weighted by atomic mass is 9.95. The second kappa shape index (κ2) is 4.78. The molecule has 82 valence electrons. The molecular weight excluding hydrogens is 174 g/mol. The number of hydrogen-bond acceptors (Lipinski definition) is 2. The van der Waals surface area contributed by atoms with E-state index in [1.165, 1.54) is 6.42 Å². The van der Waals surface area contributed by atoms with Crippen LogP contribution in [0.2, 0.25) is 0 Å². The minimum atomic E-state index is 0.179. The van der Waals surface area contributed by atoms with Gasteiger partial charge in [-0.2, -0.15) is 0 Å². The van der Waals surface area contributed by atoms with Gasteiger partial charge < -0.3 is 5.73 Å². The fraction of sp³-hybridized carbons (Fsp3) is 0.909. The van der Waals surface area contributed by atoms with Gasteiger partial charge in [-0.1, -0.05) is 20.8 Å². The fourth-order valence-corrected chi connectivity index (χ4v) is 2.32. The van der Waals surface area contributed by atoms with Gasteiger partial charge in [0.15, 0.2) is 0 Å². The zero-order valence-electron chi connectivity index (χ0n) is 9.59. The first-order valence-corrected chi connectivity index (χ1v) is 5.64. The first kappa shape index (κ1) is 11.5. The highest BCUT2D eigenvalue weighted by atomic mass is 15.2. The lowest BCUT2D eigenvalue weighted by Crippen LogP contribution is -2.42. The van der Waals surface area contributed by atoms with Crippen LogP contribution in [0.1, 0.15) is 33.6 Å². The number of amidine groups is 1. The summed E-state index contributed by atoms with van der Waals surface area (Å²) in [5.41, 5.74) is 5.59. The molecule has 1 fully saturated rings. The molecule has 1 heterocycles. The fourth-order valence-electron chi connectivity index (χ4n) is 2.32. The lowest BCUT2D eigenvalue weighted by Gasteiger charge is -2.26. The van der Waals surface area contributed by atoms with Crippen molar-refractivity contribution in [3.05, 3.63) is 0 Å². The van der Waals surface area contributed by atoms with Crippen LogP contribution in [0.5, 0.6) is 0 Å². The van der Waals surface area contributed by atoms with Crippen LogP contribution in [0, 0.1) is 17.2 Å². The van der Waals surface area contributed by atoms with Gasteiger partial charge in [0.1, 0.15) is 5.84 Å². The minimum Gasteiger partial charge on any atom is -0.386 e. The maximum Gasteiger partial charge on any atom is 0.108 e. The molecule has 0 aliphatic carbocycles. The van der Waals surface area contributed by atoms with Crippen LogP contribution in [0.4, 0.5) is 0 Å². The summed E-state index contributed by atoms with van der Waals surface area (Å²) in [5.74, 6) is 1.88. The van der Waals surface area contributed by atoms with Crippen LogP contribution in [-0.4, -0.2) is 29.9 Å². The van der Waals surface area contributed by atoms with E-state index in [-0.39, 0.29) is 6.04 Å². The van der Waals surface area contributed by atoms with E-state index in [1.807, 2.05) is 0 Å². The molecule has 0 aromatic heterocycles. The number of likely N-dealkylation sites (tertiary alicyclic amines) is 1. The Morgan fingerprint density at radius 3 is 2.57 bits per heavy atom. The van der Waals surface area contributed by atoms with E-state index in [1.54, 1.807) is 0 Å². The summed E-state index contributed by atoms with van der Waals surface area (Å²) in [4.78, 5) is 2.37. The number of nitrogens with two attached hydrogens (primary N) is 1. The molecule has 3 heteroatoms. The van der Waals surface area contributed by atoms with Crippen molar-refractivity contribution in [2.24, 2.45) is 17.6 Å². The smallest absolute Gasteiger partial charge is 0.108 e. The second-order valence-corrected chi connectivity index (χ2v) is 4.67. The van der Waals surface area contributed by atoms with Crippen LogP contribution in [-0.2, 0) is 0 Å². The molecule has 0 saturated carbocycles. The summed E-state index contributed by atoms with van der Waals surface area (Å²) in [6, 6.07) is 0.179. The minimum absolute atomic E-state index is 0.179. The summed E-state index contributed by atoms with van der Waals surface area (Å²) in [6.07, 6.45) is 2.22. The second-order valence-electron chi connectivity index (χ2n) is 4.67. The molecule has 3 N–H and O–H groups in total. The van der Waals surface area contributed by atoms with Crippen molar-refractivity contribution in [2.75, 3.05) is 13.1 Å². The standard InChI is InChI=1S/C11H23N3/c1-4-10(11(12)13)14-6-5-9(7-14)8(2)3/h8-10H,4-7H2,1-3H3,(H3,12,13). The van der Waals surface area contributed by atoms with E-state index in [9.17, 15) is 0 Å². The third-order valence-electron chi connectivity index (χ3n) is 3.39. The Hall–Kier alpha value is -0.570. The van der Waals surface area contributed by atoms with Crippen LogP contribution in [0.3, 0.4) is 0 Å². The van der Waals surface area contributed by atoms with E-state index in [0.29, 0.717) is 5.84 Å². The average molecular weight is 197 g/mol. The first-order valence-electron chi connectivity index (χ1n) is 5.64. The molecule has 1 aliphatic heterocycles. The SMILES string of the molecule is CCC(C(=N)N)N1CCC(C(C)C)C1. The molecule has 1 aliphatic rings. The van der Waals surface area contributed by atoms with Crippen molar-refractivity contribution in [1.82, 2.24) is 4.90 Å².